The van der Waals surface area contributed by atoms with Crippen LogP contribution < -0.4 is 5.73 Å². The highest BCUT2D eigenvalue weighted by molar-refractivity contribution is 5.69. The largest absolute Gasteiger partial charge is 0.462 e. The van der Waals surface area contributed by atoms with Crippen LogP contribution in [0, 0.1) is 0 Å². The lowest BCUT2D eigenvalue weighted by molar-refractivity contribution is -0.149. The molecule has 0 aliphatic carbocycles. The average molecular weight is 254 g/mol. The van der Waals surface area contributed by atoms with Gasteiger partial charge in [0.2, 0.25) is 5.95 Å². The van der Waals surface area contributed by atoms with E-state index in [9.17, 15) is 4.79 Å². The van der Waals surface area contributed by atoms with Gasteiger partial charge in [-0.2, -0.15) is 0 Å². The lowest BCUT2D eigenvalue weighted by atomic mass is 10.1. The summed E-state index contributed by atoms with van der Waals surface area (Å²) in [6.45, 7) is 4.37. The van der Waals surface area contributed by atoms with Gasteiger partial charge >= 0.3 is 5.97 Å². The Balaban J connectivity index is 1.72. The van der Waals surface area contributed by atoms with Crippen molar-refractivity contribution in [2.24, 2.45) is 0 Å². The van der Waals surface area contributed by atoms with Gasteiger partial charge in [-0.05, 0) is 26.7 Å². The zero-order chi connectivity index (χ0) is 13.2. The van der Waals surface area contributed by atoms with Crippen LogP contribution in [0.2, 0.25) is 0 Å². The van der Waals surface area contributed by atoms with E-state index in [1.54, 1.807) is 0 Å². The summed E-state index contributed by atoms with van der Waals surface area (Å²) in [7, 11) is 0. The molecule has 100 valence electrons. The molecule has 7 nitrogen and oxygen atoms in total. The van der Waals surface area contributed by atoms with Crippen LogP contribution in [0.15, 0.2) is 6.33 Å². The smallest absolute Gasteiger partial charge is 0.327 e. The molecule has 2 rings (SSSR count). The zero-order valence-corrected chi connectivity index (χ0v) is 10.6. The number of hydrogen-bond acceptors (Lipinski definition) is 6. The van der Waals surface area contributed by atoms with Crippen LogP contribution in [0.3, 0.4) is 0 Å². The van der Waals surface area contributed by atoms with E-state index in [2.05, 4.69) is 10.1 Å². The number of aromatic nitrogens is 3. The van der Waals surface area contributed by atoms with Crippen LogP contribution in [-0.4, -0.2) is 39.0 Å². The van der Waals surface area contributed by atoms with Gasteiger partial charge in [0.25, 0.3) is 0 Å². The number of carbonyl (C=O) groups excluding carboxylic acids is 1. The van der Waals surface area contributed by atoms with Crippen molar-refractivity contribution in [3.8, 4) is 0 Å². The molecule has 0 spiro atoms. The molecule has 0 saturated carbocycles. The molecule has 2 heterocycles. The number of carbonyl (C=O) groups is 1. The fourth-order valence-corrected chi connectivity index (χ4v) is 1.94. The molecule has 7 heteroatoms. The highest BCUT2D eigenvalue weighted by Gasteiger charge is 2.32. The molecule has 0 radical (unpaired) electrons. The first-order chi connectivity index (χ1) is 8.44. The van der Waals surface area contributed by atoms with Crippen LogP contribution in [0.5, 0.6) is 0 Å². The Labute approximate surface area is 105 Å². The summed E-state index contributed by atoms with van der Waals surface area (Å²) < 4.78 is 12.2. The Morgan fingerprint density at radius 2 is 2.50 bits per heavy atom. The van der Waals surface area contributed by atoms with Crippen molar-refractivity contribution in [2.45, 2.75) is 44.9 Å². The summed E-state index contributed by atoms with van der Waals surface area (Å²) in [5, 5.41) is 3.80. The summed E-state index contributed by atoms with van der Waals surface area (Å²) in [4.78, 5) is 15.3. The second-order valence-electron chi connectivity index (χ2n) is 5.02. The van der Waals surface area contributed by atoms with E-state index in [4.69, 9.17) is 15.2 Å². The third-order valence-corrected chi connectivity index (χ3v) is 2.83. The van der Waals surface area contributed by atoms with Crippen LogP contribution in [0.1, 0.15) is 26.7 Å². The molecule has 1 atom stereocenters. The predicted molar refractivity (Wildman–Crippen MR) is 63.6 cm³/mol. The molecule has 0 aromatic carbocycles. The summed E-state index contributed by atoms with van der Waals surface area (Å²) >= 11 is 0. The van der Waals surface area contributed by atoms with Gasteiger partial charge in [0, 0.05) is 0 Å². The highest BCUT2D eigenvalue weighted by Crippen LogP contribution is 2.29. The Hall–Kier alpha value is -1.63. The Morgan fingerprint density at radius 1 is 1.72 bits per heavy atom. The van der Waals surface area contributed by atoms with Crippen molar-refractivity contribution in [2.75, 3.05) is 12.3 Å². The number of esters is 1. The van der Waals surface area contributed by atoms with Gasteiger partial charge in [-0.1, -0.05) is 0 Å². The number of nitrogens with zero attached hydrogens (tertiary/aromatic N) is 3. The Morgan fingerprint density at radius 3 is 3.06 bits per heavy atom. The molecule has 1 aromatic rings. The van der Waals surface area contributed by atoms with Gasteiger partial charge in [0.15, 0.2) is 0 Å². The van der Waals surface area contributed by atoms with Crippen molar-refractivity contribution in [1.82, 2.24) is 14.8 Å². The highest BCUT2D eigenvalue weighted by atomic mass is 16.6. The number of anilines is 1. The predicted octanol–water partition coefficient (Wildman–Crippen LogP) is 0.361. The normalized spacial score (nSPS) is 22.0. The van der Waals surface area contributed by atoms with Gasteiger partial charge in [0.1, 0.15) is 19.5 Å². The van der Waals surface area contributed by atoms with Crippen molar-refractivity contribution in [1.29, 1.82) is 0 Å². The molecule has 2 N–H and O–H groups in total. The maximum Gasteiger partial charge on any atom is 0.327 e. The van der Waals surface area contributed by atoms with Crippen LogP contribution in [0.25, 0.3) is 0 Å². The van der Waals surface area contributed by atoms with Crippen LogP contribution in [0.4, 0.5) is 5.95 Å². The van der Waals surface area contributed by atoms with Crippen molar-refractivity contribution in [3.63, 3.8) is 0 Å². The summed E-state index contributed by atoms with van der Waals surface area (Å²) in [5.74, 6) is -0.225. The molecule has 1 aliphatic rings. The second kappa shape index (κ2) is 4.93. The van der Waals surface area contributed by atoms with E-state index in [1.807, 2.05) is 13.8 Å². The number of rotatable bonds is 4. The van der Waals surface area contributed by atoms with E-state index in [-0.39, 0.29) is 36.8 Å². The molecular weight excluding hydrogens is 236 g/mol. The Bertz CT molecular complexity index is 430. The van der Waals surface area contributed by atoms with E-state index < -0.39 is 0 Å². The molecule has 0 bridgehead atoms. The van der Waals surface area contributed by atoms with Crippen molar-refractivity contribution < 1.29 is 14.3 Å². The number of nitrogens with two attached hydrogens (primary N) is 1. The van der Waals surface area contributed by atoms with Crippen molar-refractivity contribution >= 4 is 11.9 Å². The van der Waals surface area contributed by atoms with Gasteiger partial charge in [0.05, 0.1) is 11.7 Å². The average Bonchev–Trinajstić information content (AvgIpc) is 2.82. The fraction of sp³-hybridized carbons (Fsp3) is 0.727. The minimum Gasteiger partial charge on any atom is -0.462 e. The fourth-order valence-electron chi connectivity index (χ4n) is 1.94. The molecule has 1 unspecified atom stereocenters. The third-order valence-electron chi connectivity index (χ3n) is 2.83. The number of nitrogen functional groups attached to an aromatic ring is 1. The zero-order valence-electron chi connectivity index (χ0n) is 10.6. The maximum absolute atomic E-state index is 11.5. The number of hydrogen-bond donors (Lipinski definition) is 1. The number of ether oxygens (including phenoxy) is 2. The minimum absolute atomic E-state index is 0.00948. The topological polar surface area (TPSA) is 92.3 Å². The molecule has 1 aliphatic heterocycles. The first kappa shape index (κ1) is 12.8. The van der Waals surface area contributed by atoms with Crippen molar-refractivity contribution in [3.05, 3.63) is 6.33 Å². The van der Waals surface area contributed by atoms with Gasteiger partial charge < -0.3 is 15.2 Å². The maximum atomic E-state index is 11.5. The van der Waals surface area contributed by atoms with E-state index in [1.165, 1.54) is 11.0 Å². The summed E-state index contributed by atoms with van der Waals surface area (Å²) in [6.07, 6.45) is 3.28. The monoisotopic (exact) mass is 254 g/mol. The third kappa shape index (κ3) is 3.43. The first-order valence-electron chi connectivity index (χ1n) is 5.93. The quantitative estimate of drug-likeness (QED) is 0.780. The molecule has 1 saturated heterocycles. The standard InChI is InChI=1S/C11H18N4O3/c1-11(2)4-3-8(18-11)6-17-9(16)5-15-7-13-10(12)14-15/h7-8H,3-6H2,1-2H3,(H2,12,14). The van der Waals surface area contributed by atoms with Crippen LogP contribution >= 0.6 is 0 Å². The molecule has 1 fully saturated rings. The molecule has 18 heavy (non-hydrogen) atoms. The lowest BCUT2D eigenvalue weighted by Crippen LogP contribution is -2.25. The molecule has 0 amide bonds. The van der Waals surface area contributed by atoms with E-state index >= 15 is 0 Å². The van der Waals surface area contributed by atoms with Gasteiger partial charge in [-0.15, -0.1) is 5.10 Å². The van der Waals surface area contributed by atoms with Gasteiger partial charge in [-0.3, -0.25) is 4.79 Å². The molecular formula is C11H18N4O3. The molecule has 1 aromatic heterocycles. The SMILES string of the molecule is CC1(C)CCC(COC(=O)Cn2cnc(N)n2)O1. The summed E-state index contributed by atoms with van der Waals surface area (Å²) in [5.41, 5.74) is 5.23. The summed E-state index contributed by atoms with van der Waals surface area (Å²) in [6, 6.07) is 0. The van der Waals surface area contributed by atoms with E-state index in [0.29, 0.717) is 0 Å². The second-order valence-corrected chi connectivity index (χ2v) is 5.02. The minimum atomic E-state index is -0.367. The van der Waals surface area contributed by atoms with Crippen LogP contribution in [-0.2, 0) is 20.8 Å². The first-order valence-corrected chi connectivity index (χ1v) is 5.93. The Kier molecular flexibility index (Phi) is 3.51. The van der Waals surface area contributed by atoms with Gasteiger partial charge in [-0.25, -0.2) is 9.67 Å². The van der Waals surface area contributed by atoms with E-state index in [0.717, 1.165) is 12.8 Å². The lowest BCUT2D eigenvalue weighted by Gasteiger charge is -2.19.